The first-order valence-electron chi connectivity index (χ1n) is 5.19. The van der Waals surface area contributed by atoms with Crippen LogP contribution < -0.4 is 11.1 Å². The van der Waals surface area contributed by atoms with Gasteiger partial charge in [0.15, 0.2) is 17.5 Å². The molecule has 0 radical (unpaired) electrons. The van der Waals surface area contributed by atoms with Gasteiger partial charge in [-0.05, 0) is 19.1 Å². The summed E-state index contributed by atoms with van der Waals surface area (Å²) < 4.78 is 38.4. The van der Waals surface area contributed by atoms with E-state index in [-0.39, 0.29) is 12.1 Å². The number of rotatable bonds is 4. The minimum absolute atomic E-state index is 0.0723. The van der Waals surface area contributed by atoms with Crippen LogP contribution in [0.3, 0.4) is 0 Å². The fourth-order valence-corrected chi connectivity index (χ4v) is 1.17. The zero-order chi connectivity index (χ0) is 13.9. The Kier molecular flexibility index (Phi) is 4.69. The molecule has 7 heteroatoms. The molecule has 0 aliphatic rings. The number of nitrogens with one attached hydrogen (secondary N) is 1. The fourth-order valence-electron chi connectivity index (χ4n) is 1.17. The second-order valence-electron chi connectivity index (χ2n) is 3.87. The SMILES string of the molecule is CC(O)C(N)CNC(=O)c1cc(F)c(F)c(F)c1. The normalized spacial score (nSPS) is 14.1. The standard InChI is InChI=1S/C11H13F3N2O2/c1-5(17)9(15)4-16-11(18)6-2-7(12)10(14)8(13)3-6/h2-3,5,9,17H,4,15H2,1H3,(H,16,18). The van der Waals surface area contributed by atoms with Crippen molar-refractivity contribution in [1.82, 2.24) is 5.32 Å². The summed E-state index contributed by atoms with van der Waals surface area (Å²) in [5.41, 5.74) is 5.10. The van der Waals surface area contributed by atoms with Gasteiger partial charge >= 0.3 is 0 Å². The number of benzene rings is 1. The number of aliphatic hydroxyl groups is 1. The maximum atomic E-state index is 12.9. The van der Waals surface area contributed by atoms with E-state index in [0.29, 0.717) is 12.1 Å². The molecule has 0 saturated carbocycles. The second kappa shape index (κ2) is 5.83. The molecule has 1 aromatic rings. The lowest BCUT2D eigenvalue weighted by Crippen LogP contribution is -2.43. The van der Waals surface area contributed by atoms with E-state index in [1.165, 1.54) is 6.92 Å². The van der Waals surface area contributed by atoms with Crippen LogP contribution in [0.5, 0.6) is 0 Å². The molecule has 0 bridgehead atoms. The highest BCUT2D eigenvalue weighted by Crippen LogP contribution is 2.13. The first-order valence-corrected chi connectivity index (χ1v) is 5.19. The Bertz CT molecular complexity index is 429. The maximum absolute atomic E-state index is 12.9. The van der Waals surface area contributed by atoms with Gasteiger partial charge in [-0.1, -0.05) is 0 Å². The number of amides is 1. The highest BCUT2D eigenvalue weighted by atomic mass is 19.2. The number of carbonyl (C=O) groups is 1. The highest BCUT2D eigenvalue weighted by Gasteiger charge is 2.16. The van der Waals surface area contributed by atoms with Crippen molar-refractivity contribution in [2.24, 2.45) is 5.73 Å². The van der Waals surface area contributed by atoms with Gasteiger partial charge in [-0.15, -0.1) is 0 Å². The predicted octanol–water partition coefficient (Wildman–Crippen LogP) is 0.542. The van der Waals surface area contributed by atoms with Crippen LogP contribution in [-0.2, 0) is 0 Å². The van der Waals surface area contributed by atoms with Gasteiger partial charge in [0, 0.05) is 18.2 Å². The van der Waals surface area contributed by atoms with Crippen molar-refractivity contribution in [2.75, 3.05) is 6.54 Å². The first-order chi connectivity index (χ1) is 8.32. The molecule has 1 aromatic carbocycles. The van der Waals surface area contributed by atoms with E-state index >= 15 is 0 Å². The third kappa shape index (κ3) is 3.44. The average Bonchev–Trinajstić information content (AvgIpc) is 2.31. The number of hydrogen-bond donors (Lipinski definition) is 3. The number of halogens is 3. The highest BCUT2D eigenvalue weighted by molar-refractivity contribution is 5.94. The lowest BCUT2D eigenvalue weighted by Gasteiger charge is -2.15. The molecule has 1 rings (SSSR count). The predicted molar refractivity (Wildman–Crippen MR) is 58.3 cm³/mol. The Morgan fingerprint density at radius 3 is 2.33 bits per heavy atom. The number of aliphatic hydroxyl groups excluding tert-OH is 1. The van der Waals surface area contributed by atoms with E-state index in [1.807, 2.05) is 0 Å². The number of hydrogen-bond acceptors (Lipinski definition) is 3. The Morgan fingerprint density at radius 1 is 1.39 bits per heavy atom. The molecule has 0 saturated heterocycles. The van der Waals surface area contributed by atoms with Gasteiger partial charge in [0.1, 0.15) is 0 Å². The monoisotopic (exact) mass is 262 g/mol. The molecule has 0 aromatic heterocycles. The third-order valence-electron chi connectivity index (χ3n) is 2.36. The molecule has 0 aliphatic heterocycles. The summed E-state index contributed by atoms with van der Waals surface area (Å²) in [5.74, 6) is -5.32. The van der Waals surface area contributed by atoms with Crippen molar-refractivity contribution in [2.45, 2.75) is 19.1 Å². The molecule has 0 aliphatic carbocycles. The van der Waals surface area contributed by atoms with Crippen molar-refractivity contribution in [3.05, 3.63) is 35.1 Å². The minimum Gasteiger partial charge on any atom is -0.392 e. The van der Waals surface area contributed by atoms with Crippen LogP contribution in [0.15, 0.2) is 12.1 Å². The van der Waals surface area contributed by atoms with Crippen LogP contribution in [0.4, 0.5) is 13.2 Å². The summed E-state index contributed by atoms with van der Waals surface area (Å²) >= 11 is 0. The van der Waals surface area contributed by atoms with E-state index in [9.17, 15) is 18.0 Å². The second-order valence-corrected chi connectivity index (χ2v) is 3.87. The maximum Gasteiger partial charge on any atom is 0.251 e. The zero-order valence-electron chi connectivity index (χ0n) is 9.58. The quantitative estimate of drug-likeness (QED) is 0.693. The summed E-state index contributed by atoms with van der Waals surface area (Å²) in [7, 11) is 0. The van der Waals surface area contributed by atoms with E-state index in [2.05, 4.69) is 5.32 Å². The first kappa shape index (κ1) is 14.5. The van der Waals surface area contributed by atoms with Crippen LogP contribution in [0.25, 0.3) is 0 Å². The minimum atomic E-state index is -1.63. The van der Waals surface area contributed by atoms with Gasteiger partial charge < -0.3 is 16.2 Å². The average molecular weight is 262 g/mol. The van der Waals surface area contributed by atoms with Gasteiger partial charge in [-0.2, -0.15) is 0 Å². The summed E-state index contributed by atoms with van der Waals surface area (Å²) in [6, 6.07) is 0.465. The van der Waals surface area contributed by atoms with Gasteiger partial charge in [0.2, 0.25) is 0 Å². The van der Waals surface area contributed by atoms with Gasteiger partial charge in [-0.25, -0.2) is 13.2 Å². The van der Waals surface area contributed by atoms with Crippen LogP contribution in [0.2, 0.25) is 0 Å². The summed E-state index contributed by atoms with van der Waals surface area (Å²) in [6.07, 6.45) is -0.841. The van der Waals surface area contributed by atoms with E-state index in [1.54, 1.807) is 0 Å². The molecule has 0 fully saturated rings. The summed E-state index contributed by atoms with van der Waals surface area (Å²) in [4.78, 5) is 11.5. The largest absolute Gasteiger partial charge is 0.392 e. The molecule has 100 valence electrons. The Hall–Kier alpha value is -1.60. The Balaban J connectivity index is 2.73. The smallest absolute Gasteiger partial charge is 0.251 e. The molecule has 1 amide bonds. The van der Waals surface area contributed by atoms with Gasteiger partial charge in [-0.3, -0.25) is 4.79 Å². The molecule has 18 heavy (non-hydrogen) atoms. The third-order valence-corrected chi connectivity index (χ3v) is 2.36. The van der Waals surface area contributed by atoms with Crippen LogP contribution in [0.1, 0.15) is 17.3 Å². The lowest BCUT2D eigenvalue weighted by molar-refractivity contribution is 0.0936. The molecular weight excluding hydrogens is 249 g/mol. The van der Waals surface area contributed by atoms with E-state index in [0.717, 1.165) is 0 Å². The molecule has 0 spiro atoms. The molecule has 4 nitrogen and oxygen atoms in total. The van der Waals surface area contributed by atoms with Crippen molar-refractivity contribution < 1.29 is 23.1 Å². The van der Waals surface area contributed by atoms with Crippen LogP contribution in [-0.4, -0.2) is 29.7 Å². The molecule has 2 atom stereocenters. The molecular formula is C11H13F3N2O2. The van der Waals surface area contributed by atoms with Crippen molar-refractivity contribution in [3.63, 3.8) is 0 Å². The fraction of sp³-hybridized carbons (Fsp3) is 0.364. The Labute approximate surface area is 102 Å². The molecule has 4 N–H and O–H groups in total. The molecule has 0 heterocycles. The number of nitrogens with two attached hydrogens (primary N) is 1. The van der Waals surface area contributed by atoms with Crippen LogP contribution >= 0.6 is 0 Å². The van der Waals surface area contributed by atoms with Gasteiger partial charge in [0.25, 0.3) is 5.91 Å². The van der Waals surface area contributed by atoms with Gasteiger partial charge in [0.05, 0.1) is 6.10 Å². The zero-order valence-corrected chi connectivity index (χ0v) is 9.58. The van der Waals surface area contributed by atoms with Crippen molar-refractivity contribution >= 4 is 5.91 Å². The number of carbonyl (C=O) groups excluding carboxylic acids is 1. The molecule has 2 unspecified atom stereocenters. The van der Waals surface area contributed by atoms with E-state index in [4.69, 9.17) is 10.8 Å². The van der Waals surface area contributed by atoms with E-state index < -0.39 is 35.5 Å². The van der Waals surface area contributed by atoms with Crippen molar-refractivity contribution in [1.29, 1.82) is 0 Å². The summed E-state index contributed by atoms with van der Waals surface area (Å²) in [5, 5.41) is 11.4. The summed E-state index contributed by atoms with van der Waals surface area (Å²) in [6.45, 7) is 1.37. The topological polar surface area (TPSA) is 75.3 Å². The lowest BCUT2D eigenvalue weighted by atomic mass is 10.1. The van der Waals surface area contributed by atoms with Crippen LogP contribution in [0, 0.1) is 17.5 Å². The van der Waals surface area contributed by atoms with Crippen molar-refractivity contribution in [3.8, 4) is 0 Å². The Morgan fingerprint density at radius 2 is 1.89 bits per heavy atom.